The summed E-state index contributed by atoms with van der Waals surface area (Å²) in [5, 5.41) is 0.593. The predicted molar refractivity (Wildman–Crippen MR) is 56.6 cm³/mol. The van der Waals surface area contributed by atoms with E-state index in [2.05, 4.69) is 32.9 Å². The number of rotatable bonds is 2. The van der Waals surface area contributed by atoms with Crippen molar-refractivity contribution < 1.29 is 0 Å². The summed E-state index contributed by atoms with van der Waals surface area (Å²) in [4.78, 5) is 1.19. The van der Waals surface area contributed by atoms with Crippen LogP contribution in [0, 0.1) is 6.92 Å². The van der Waals surface area contributed by atoms with Crippen molar-refractivity contribution in [3.8, 4) is 0 Å². The first-order valence-corrected chi connectivity index (χ1v) is 5.00. The van der Waals surface area contributed by atoms with Crippen molar-refractivity contribution in [3.63, 3.8) is 0 Å². The Labute approximate surface area is 78.4 Å². The molecule has 0 atom stereocenters. The van der Waals surface area contributed by atoms with Gasteiger partial charge in [0.1, 0.15) is 0 Å². The number of hydrogen-bond acceptors (Lipinski definition) is 2. The maximum Gasteiger partial charge on any atom is 0.0454 e. The first-order chi connectivity index (χ1) is 5.59. The van der Waals surface area contributed by atoms with Crippen LogP contribution >= 0.6 is 11.8 Å². The summed E-state index contributed by atoms with van der Waals surface area (Å²) in [5.41, 5.74) is 7.97. The SMILES string of the molecule is Cc1ccc(SC(C)C)c(N)c1. The van der Waals surface area contributed by atoms with Crippen molar-refractivity contribution in [3.05, 3.63) is 23.8 Å². The van der Waals surface area contributed by atoms with Gasteiger partial charge < -0.3 is 5.73 Å². The molecule has 0 bridgehead atoms. The third-order valence-electron chi connectivity index (χ3n) is 1.53. The molecule has 1 rings (SSSR count). The minimum atomic E-state index is 0.593. The third kappa shape index (κ3) is 2.45. The lowest BCUT2D eigenvalue weighted by molar-refractivity contribution is 1.11. The zero-order chi connectivity index (χ0) is 9.14. The van der Waals surface area contributed by atoms with E-state index in [4.69, 9.17) is 5.73 Å². The van der Waals surface area contributed by atoms with Crippen LogP contribution in [0.3, 0.4) is 0 Å². The second-order valence-corrected chi connectivity index (χ2v) is 4.83. The summed E-state index contributed by atoms with van der Waals surface area (Å²) < 4.78 is 0. The number of thioether (sulfide) groups is 1. The van der Waals surface area contributed by atoms with Crippen LogP contribution in [-0.2, 0) is 0 Å². The van der Waals surface area contributed by atoms with Crippen LogP contribution in [0.2, 0.25) is 0 Å². The zero-order valence-corrected chi connectivity index (χ0v) is 8.61. The molecular weight excluding hydrogens is 166 g/mol. The van der Waals surface area contributed by atoms with Gasteiger partial charge in [-0.25, -0.2) is 0 Å². The van der Waals surface area contributed by atoms with E-state index in [1.165, 1.54) is 10.5 Å². The van der Waals surface area contributed by atoms with Crippen LogP contribution in [0.5, 0.6) is 0 Å². The van der Waals surface area contributed by atoms with E-state index in [9.17, 15) is 0 Å². The predicted octanol–water partition coefficient (Wildman–Crippen LogP) is 3.08. The number of benzene rings is 1. The molecular formula is C10H15NS. The Balaban J connectivity index is 2.86. The number of anilines is 1. The molecule has 0 fully saturated rings. The highest BCUT2D eigenvalue weighted by molar-refractivity contribution is 8.00. The minimum Gasteiger partial charge on any atom is -0.398 e. The molecule has 12 heavy (non-hydrogen) atoms. The quantitative estimate of drug-likeness (QED) is 0.560. The second kappa shape index (κ2) is 3.85. The Morgan fingerprint density at radius 2 is 2.00 bits per heavy atom. The molecule has 0 spiro atoms. The minimum absolute atomic E-state index is 0.593. The van der Waals surface area contributed by atoms with Gasteiger partial charge in [0.05, 0.1) is 0 Å². The Kier molecular flexibility index (Phi) is 3.04. The maximum absolute atomic E-state index is 5.85. The number of nitrogen functional groups attached to an aromatic ring is 1. The monoisotopic (exact) mass is 181 g/mol. The summed E-state index contributed by atoms with van der Waals surface area (Å²) >= 11 is 1.81. The van der Waals surface area contributed by atoms with Crippen LogP contribution in [0.4, 0.5) is 5.69 Å². The summed E-state index contributed by atoms with van der Waals surface area (Å²) in [6.07, 6.45) is 0. The van der Waals surface area contributed by atoms with Crippen LogP contribution in [0.15, 0.2) is 23.1 Å². The standard InChI is InChI=1S/C10H15NS/c1-7(2)12-10-5-4-8(3)6-9(10)11/h4-7H,11H2,1-3H3. The molecule has 2 N–H and O–H groups in total. The summed E-state index contributed by atoms with van der Waals surface area (Å²) in [5.74, 6) is 0. The molecule has 1 aromatic carbocycles. The topological polar surface area (TPSA) is 26.0 Å². The molecule has 0 aromatic heterocycles. The summed E-state index contributed by atoms with van der Waals surface area (Å²) in [7, 11) is 0. The highest BCUT2D eigenvalue weighted by Gasteiger charge is 2.01. The lowest BCUT2D eigenvalue weighted by Gasteiger charge is -2.08. The van der Waals surface area contributed by atoms with E-state index in [0.29, 0.717) is 5.25 Å². The average Bonchev–Trinajstić information content (AvgIpc) is 1.94. The fraction of sp³-hybridized carbons (Fsp3) is 0.400. The van der Waals surface area contributed by atoms with Gasteiger partial charge in [-0.05, 0) is 24.6 Å². The van der Waals surface area contributed by atoms with Crippen LogP contribution in [0.1, 0.15) is 19.4 Å². The van der Waals surface area contributed by atoms with E-state index in [0.717, 1.165) is 5.69 Å². The van der Waals surface area contributed by atoms with E-state index in [1.807, 2.05) is 17.8 Å². The normalized spacial score (nSPS) is 10.7. The van der Waals surface area contributed by atoms with Gasteiger partial charge in [-0.2, -0.15) is 0 Å². The Bertz CT molecular complexity index is 269. The third-order valence-corrected chi connectivity index (χ3v) is 2.63. The van der Waals surface area contributed by atoms with Crippen LogP contribution in [-0.4, -0.2) is 5.25 Å². The first-order valence-electron chi connectivity index (χ1n) is 4.12. The lowest BCUT2D eigenvalue weighted by Crippen LogP contribution is -1.92. The fourth-order valence-corrected chi connectivity index (χ4v) is 1.88. The van der Waals surface area contributed by atoms with Gasteiger partial charge >= 0.3 is 0 Å². The van der Waals surface area contributed by atoms with Gasteiger partial charge in [0.2, 0.25) is 0 Å². The smallest absolute Gasteiger partial charge is 0.0454 e. The highest BCUT2D eigenvalue weighted by atomic mass is 32.2. The molecule has 0 amide bonds. The van der Waals surface area contributed by atoms with Gasteiger partial charge in [0.25, 0.3) is 0 Å². The van der Waals surface area contributed by atoms with Crippen molar-refractivity contribution in [2.24, 2.45) is 0 Å². The van der Waals surface area contributed by atoms with Crippen molar-refractivity contribution in [2.45, 2.75) is 30.9 Å². The van der Waals surface area contributed by atoms with Gasteiger partial charge in [-0.15, -0.1) is 11.8 Å². The molecule has 0 unspecified atom stereocenters. The molecule has 2 heteroatoms. The molecule has 0 aliphatic rings. The molecule has 1 aromatic rings. The molecule has 0 saturated heterocycles. The van der Waals surface area contributed by atoms with E-state index >= 15 is 0 Å². The number of aryl methyl sites for hydroxylation is 1. The molecule has 0 radical (unpaired) electrons. The average molecular weight is 181 g/mol. The fourth-order valence-electron chi connectivity index (χ4n) is 1.03. The van der Waals surface area contributed by atoms with Crippen LogP contribution < -0.4 is 5.73 Å². The van der Waals surface area contributed by atoms with Crippen LogP contribution in [0.25, 0.3) is 0 Å². The van der Waals surface area contributed by atoms with Crippen molar-refractivity contribution in [2.75, 3.05) is 5.73 Å². The number of nitrogens with two attached hydrogens (primary N) is 1. The molecule has 0 aliphatic heterocycles. The zero-order valence-electron chi connectivity index (χ0n) is 7.79. The summed E-state index contributed by atoms with van der Waals surface area (Å²) in [6.45, 7) is 6.40. The summed E-state index contributed by atoms with van der Waals surface area (Å²) in [6, 6.07) is 6.21. The Morgan fingerprint density at radius 3 is 2.50 bits per heavy atom. The van der Waals surface area contributed by atoms with E-state index in [-0.39, 0.29) is 0 Å². The van der Waals surface area contributed by atoms with Gasteiger partial charge in [0, 0.05) is 15.8 Å². The van der Waals surface area contributed by atoms with E-state index < -0.39 is 0 Å². The Morgan fingerprint density at radius 1 is 1.33 bits per heavy atom. The van der Waals surface area contributed by atoms with Gasteiger partial charge in [0.15, 0.2) is 0 Å². The van der Waals surface area contributed by atoms with Crippen molar-refractivity contribution in [1.82, 2.24) is 0 Å². The Hall–Kier alpha value is -0.630. The molecule has 0 heterocycles. The molecule has 0 saturated carbocycles. The number of hydrogen-bond donors (Lipinski definition) is 1. The molecule has 66 valence electrons. The molecule has 1 nitrogen and oxygen atoms in total. The van der Waals surface area contributed by atoms with Crippen molar-refractivity contribution in [1.29, 1.82) is 0 Å². The van der Waals surface area contributed by atoms with Gasteiger partial charge in [-0.3, -0.25) is 0 Å². The highest BCUT2D eigenvalue weighted by Crippen LogP contribution is 2.28. The molecule has 0 aliphatic carbocycles. The lowest BCUT2D eigenvalue weighted by atomic mass is 10.2. The van der Waals surface area contributed by atoms with E-state index in [1.54, 1.807) is 0 Å². The largest absolute Gasteiger partial charge is 0.398 e. The second-order valence-electron chi connectivity index (χ2n) is 3.21. The first kappa shape index (κ1) is 9.46. The van der Waals surface area contributed by atoms with Gasteiger partial charge in [-0.1, -0.05) is 19.9 Å². The van der Waals surface area contributed by atoms with Crippen molar-refractivity contribution >= 4 is 17.4 Å². The maximum atomic E-state index is 5.85.